The first-order valence-corrected chi connectivity index (χ1v) is 3.74. The van der Waals surface area contributed by atoms with Crippen LogP contribution in [0.3, 0.4) is 0 Å². The van der Waals surface area contributed by atoms with Crippen molar-refractivity contribution in [3.8, 4) is 5.75 Å². The molecule has 0 aliphatic rings. The molecule has 60 valence electrons. The van der Waals surface area contributed by atoms with Gasteiger partial charge in [-0.1, -0.05) is 18.2 Å². The maximum atomic E-state index is 5.44. The van der Waals surface area contributed by atoms with Crippen LogP contribution in [0.5, 0.6) is 5.75 Å². The van der Waals surface area contributed by atoms with Gasteiger partial charge in [-0.15, -0.1) is 0 Å². The summed E-state index contributed by atoms with van der Waals surface area (Å²) in [6.07, 6.45) is 0.0948. The number of para-hydroxylation sites is 1. The Kier molecular flexibility index (Phi) is 2.93. The minimum Gasteiger partial charge on any atom is -0.489 e. The SMILES string of the molecule is CC(CN)Oc1ccccc1. The molecular formula is C9H13NO. The van der Waals surface area contributed by atoms with Crippen molar-refractivity contribution in [1.82, 2.24) is 0 Å². The van der Waals surface area contributed by atoms with Gasteiger partial charge in [-0.05, 0) is 19.1 Å². The van der Waals surface area contributed by atoms with E-state index in [0.717, 1.165) is 5.75 Å². The molecule has 2 nitrogen and oxygen atoms in total. The van der Waals surface area contributed by atoms with E-state index in [2.05, 4.69) is 0 Å². The van der Waals surface area contributed by atoms with Gasteiger partial charge in [0, 0.05) is 6.54 Å². The van der Waals surface area contributed by atoms with E-state index in [4.69, 9.17) is 10.5 Å². The van der Waals surface area contributed by atoms with Gasteiger partial charge in [-0.2, -0.15) is 0 Å². The van der Waals surface area contributed by atoms with Gasteiger partial charge in [0.15, 0.2) is 0 Å². The summed E-state index contributed by atoms with van der Waals surface area (Å²) < 4.78 is 5.44. The van der Waals surface area contributed by atoms with Gasteiger partial charge in [0.25, 0.3) is 0 Å². The molecule has 0 saturated heterocycles. The molecule has 1 unspecified atom stereocenters. The lowest BCUT2D eigenvalue weighted by atomic mass is 10.3. The van der Waals surface area contributed by atoms with E-state index in [1.807, 2.05) is 37.3 Å². The lowest BCUT2D eigenvalue weighted by molar-refractivity contribution is 0.230. The molecule has 2 N–H and O–H groups in total. The predicted octanol–water partition coefficient (Wildman–Crippen LogP) is 1.41. The third kappa shape index (κ3) is 2.60. The standard InChI is InChI=1S/C9H13NO/c1-8(7-10)11-9-5-3-2-4-6-9/h2-6,8H,7,10H2,1H3. The van der Waals surface area contributed by atoms with Gasteiger partial charge in [0.1, 0.15) is 11.9 Å². The molecule has 0 aromatic heterocycles. The monoisotopic (exact) mass is 151 g/mol. The van der Waals surface area contributed by atoms with Gasteiger partial charge >= 0.3 is 0 Å². The van der Waals surface area contributed by atoms with Crippen molar-refractivity contribution in [2.45, 2.75) is 13.0 Å². The number of benzene rings is 1. The Labute approximate surface area is 67.0 Å². The Morgan fingerprint density at radius 2 is 2.00 bits per heavy atom. The molecule has 0 radical (unpaired) electrons. The second kappa shape index (κ2) is 3.98. The molecule has 0 heterocycles. The largest absolute Gasteiger partial charge is 0.489 e. The van der Waals surface area contributed by atoms with Crippen LogP contribution in [0.4, 0.5) is 0 Å². The third-order valence-electron chi connectivity index (χ3n) is 1.41. The maximum Gasteiger partial charge on any atom is 0.119 e. The normalized spacial score (nSPS) is 12.5. The van der Waals surface area contributed by atoms with Crippen molar-refractivity contribution in [3.63, 3.8) is 0 Å². The van der Waals surface area contributed by atoms with Crippen molar-refractivity contribution in [2.75, 3.05) is 6.54 Å². The second-order valence-corrected chi connectivity index (χ2v) is 2.48. The smallest absolute Gasteiger partial charge is 0.119 e. The van der Waals surface area contributed by atoms with Crippen LogP contribution < -0.4 is 10.5 Å². The van der Waals surface area contributed by atoms with Crippen molar-refractivity contribution in [3.05, 3.63) is 30.3 Å². The topological polar surface area (TPSA) is 35.2 Å². The second-order valence-electron chi connectivity index (χ2n) is 2.48. The minimum atomic E-state index is 0.0948. The Bertz CT molecular complexity index is 198. The molecule has 0 fully saturated rings. The molecule has 0 amide bonds. The van der Waals surface area contributed by atoms with E-state index in [-0.39, 0.29) is 6.10 Å². The van der Waals surface area contributed by atoms with Gasteiger partial charge in [0.2, 0.25) is 0 Å². The van der Waals surface area contributed by atoms with Gasteiger partial charge in [0.05, 0.1) is 0 Å². The zero-order valence-corrected chi connectivity index (χ0v) is 6.66. The summed E-state index contributed by atoms with van der Waals surface area (Å²) in [5, 5.41) is 0. The highest BCUT2D eigenvalue weighted by atomic mass is 16.5. The number of rotatable bonds is 3. The van der Waals surface area contributed by atoms with Gasteiger partial charge in [-0.3, -0.25) is 0 Å². The van der Waals surface area contributed by atoms with Crippen molar-refractivity contribution in [1.29, 1.82) is 0 Å². The molecule has 0 aliphatic carbocycles. The van der Waals surface area contributed by atoms with Gasteiger partial charge in [-0.25, -0.2) is 0 Å². The molecule has 1 atom stereocenters. The zero-order valence-electron chi connectivity index (χ0n) is 6.66. The van der Waals surface area contributed by atoms with Crippen LogP contribution in [0.1, 0.15) is 6.92 Å². The summed E-state index contributed by atoms with van der Waals surface area (Å²) in [6.45, 7) is 2.50. The molecule has 1 aromatic rings. The summed E-state index contributed by atoms with van der Waals surface area (Å²) >= 11 is 0. The number of hydrogen-bond acceptors (Lipinski definition) is 2. The van der Waals surface area contributed by atoms with Crippen LogP contribution in [-0.2, 0) is 0 Å². The zero-order chi connectivity index (χ0) is 8.10. The van der Waals surface area contributed by atoms with E-state index < -0.39 is 0 Å². The average molecular weight is 151 g/mol. The Balaban J connectivity index is 2.51. The number of ether oxygens (including phenoxy) is 1. The van der Waals surface area contributed by atoms with Crippen LogP contribution in [0.15, 0.2) is 30.3 Å². The van der Waals surface area contributed by atoms with Gasteiger partial charge < -0.3 is 10.5 Å². The van der Waals surface area contributed by atoms with Crippen molar-refractivity contribution < 1.29 is 4.74 Å². The van der Waals surface area contributed by atoms with Crippen LogP contribution in [0.2, 0.25) is 0 Å². The van der Waals surface area contributed by atoms with Crippen molar-refractivity contribution in [2.24, 2.45) is 5.73 Å². The fourth-order valence-electron chi connectivity index (χ4n) is 0.779. The first-order chi connectivity index (χ1) is 5.33. The maximum absolute atomic E-state index is 5.44. The molecule has 11 heavy (non-hydrogen) atoms. The first-order valence-electron chi connectivity index (χ1n) is 3.74. The summed E-state index contributed by atoms with van der Waals surface area (Å²) in [5.74, 6) is 0.880. The molecule has 0 aliphatic heterocycles. The summed E-state index contributed by atoms with van der Waals surface area (Å²) in [5.41, 5.74) is 5.39. The lowest BCUT2D eigenvalue weighted by Gasteiger charge is -2.11. The quantitative estimate of drug-likeness (QED) is 0.709. The number of hydrogen-bond donors (Lipinski definition) is 1. The highest BCUT2D eigenvalue weighted by molar-refractivity contribution is 5.21. The van der Waals surface area contributed by atoms with Crippen LogP contribution >= 0.6 is 0 Å². The summed E-state index contributed by atoms with van der Waals surface area (Å²) in [6, 6.07) is 9.69. The van der Waals surface area contributed by atoms with E-state index in [1.54, 1.807) is 0 Å². The van der Waals surface area contributed by atoms with Crippen LogP contribution in [0, 0.1) is 0 Å². The molecule has 1 rings (SSSR count). The Morgan fingerprint density at radius 1 is 1.36 bits per heavy atom. The third-order valence-corrected chi connectivity index (χ3v) is 1.41. The Hall–Kier alpha value is -1.02. The fourth-order valence-corrected chi connectivity index (χ4v) is 0.779. The molecule has 0 spiro atoms. The Morgan fingerprint density at radius 3 is 2.55 bits per heavy atom. The molecule has 2 heteroatoms. The fraction of sp³-hybridized carbons (Fsp3) is 0.333. The first kappa shape index (κ1) is 8.08. The van der Waals surface area contributed by atoms with E-state index >= 15 is 0 Å². The minimum absolute atomic E-state index is 0.0948. The summed E-state index contributed by atoms with van der Waals surface area (Å²) in [7, 11) is 0. The average Bonchev–Trinajstić information content (AvgIpc) is 2.06. The van der Waals surface area contributed by atoms with E-state index in [0.29, 0.717) is 6.54 Å². The van der Waals surface area contributed by atoms with Crippen LogP contribution in [0.25, 0.3) is 0 Å². The number of nitrogens with two attached hydrogens (primary N) is 1. The molecule has 0 saturated carbocycles. The van der Waals surface area contributed by atoms with E-state index in [9.17, 15) is 0 Å². The van der Waals surface area contributed by atoms with Crippen molar-refractivity contribution >= 4 is 0 Å². The van der Waals surface area contributed by atoms with Crippen LogP contribution in [-0.4, -0.2) is 12.6 Å². The molecule has 0 bridgehead atoms. The highest BCUT2D eigenvalue weighted by Gasteiger charge is 1.98. The van der Waals surface area contributed by atoms with E-state index in [1.165, 1.54) is 0 Å². The lowest BCUT2D eigenvalue weighted by Crippen LogP contribution is -2.22. The molecular weight excluding hydrogens is 138 g/mol. The predicted molar refractivity (Wildman–Crippen MR) is 45.6 cm³/mol. The molecule has 1 aromatic carbocycles. The highest BCUT2D eigenvalue weighted by Crippen LogP contribution is 2.09. The summed E-state index contributed by atoms with van der Waals surface area (Å²) in [4.78, 5) is 0.